The highest BCUT2D eigenvalue weighted by Crippen LogP contribution is 2.22. The van der Waals surface area contributed by atoms with Crippen LogP contribution in [0.15, 0.2) is 18.5 Å². The van der Waals surface area contributed by atoms with Crippen molar-refractivity contribution >= 4 is 17.5 Å². The molecule has 2 heterocycles. The van der Waals surface area contributed by atoms with Crippen molar-refractivity contribution in [1.29, 1.82) is 0 Å². The summed E-state index contributed by atoms with van der Waals surface area (Å²) in [5.74, 6) is 0.560. The summed E-state index contributed by atoms with van der Waals surface area (Å²) in [5.41, 5.74) is 0.741. The summed E-state index contributed by atoms with van der Waals surface area (Å²) in [6.07, 6.45) is 3.79. The first-order valence-corrected chi connectivity index (χ1v) is 6.58. The van der Waals surface area contributed by atoms with Gasteiger partial charge in [0.2, 0.25) is 11.8 Å². The normalized spacial score (nSPS) is 10.4. The van der Waals surface area contributed by atoms with Crippen LogP contribution in [-0.2, 0) is 13.6 Å². The van der Waals surface area contributed by atoms with Crippen LogP contribution in [0.1, 0.15) is 19.0 Å². The van der Waals surface area contributed by atoms with Crippen molar-refractivity contribution in [2.24, 2.45) is 7.05 Å². The van der Waals surface area contributed by atoms with E-state index in [1.807, 2.05) is 13.0 Å². The number of aryl methyl sites for hydroxylation is 1. The predicted octanol–water partition coefficient (Wildman–Crippen LogP) is 1.55. The summed E-state index contributed by atoms with van der Waals surface area (Å²) >= 11 is 0. The molecule has 9 heteroatoms. The van der Waals surface area contributed by atoms with Gasteiger partial charge in [-0.2, -0.15) is 10.1 Å². The van der Waals surface area contributed by atoms with E-state index in [0.29, 0.717) is 19.0 Å². The molecule has 0 aliphatic carbocycles. The molecule has 0 aliphatic heterocycles. The third-order valence-corrected chi connectivity index (χ3v) is 2.86. The molecule has 2 aromatic heterocycles. The maximum Gasteiger partial charge on any atom is 0.329 e. The Kier molecular flexibility index (Phi) is 4.64. The topological polar surface area (TPSA) is 111 Å². The van der Waals surface area contributed by atoms with Gasteiger partial charge in [-0.1, -0.05) is 6.92 Å². The predicted molar refractivity (Wildman–Crippen MR) is 78.0 cm³/mol. The van der Waals surface area contributed by atoms with E-state index < -0.39 is 4.92 Å². The average Bonchev–Trinajstić information content (AvgIpc) is 2.88. The van der Waals surface area contributed by atoms with E-state index >= 15 is 0 Å². The van der Waals surface area contributed by atoms with E-state index in [-0.39, 0.29) is 11.5 Å². The smallest absolute Gasteiger partial charge is 0.329 e. The maximum absolute atomic E-state index is 11.0. The molecule has 21 heavy (non-hydrogen) atoms. The number of rotatable bonds is 7. The van der Waals surface area contributed by atoms with Crippen LogP contribution in [0.2, 0.25) is 0 Å². The summed E-state index contributed by atoms with van der Waals surface area (Å²) < 4.78 is 1.69. The molecule has 0 amide bonds. The second-order valence-corrected chi connectivity index (χ2v) is 4.41. The zero-order valence-electron chi connectivity index (χ0n) is 11.9. The van der Waals surface area contributed by atoms with Crippen molar-refractivity contribution in [3.63, 3.8) is 0 Å². The van der Waals surface area contributed by atoms with Crippen LogP contribution in [0.25, 0.3) is 0 Å². The van der Waals surface area contributed by atoms with E-state index in [2.05, 4.69) is 25.7 Å². The Hall–Kier alpha value is -2.71. The molecule has 0 atom stereocenters. The van der Waals surface area contributed by atoms with Crippen LogP contribution in [-0.4, -0.2) is 31.2 Å². The Morgan fingerprint density at radius 3 is 2.86 bits per heavy atom. The van der Waals surface area contributed by atoms with Crippen LogP contribution in [0.3, 0.4) is 0 Å². The minimum absolute atomic E-state index is 0.154. The highest BCUT2D eigenvalue weighted by atomic mass is 16.6. The van der Waals surface area contributed by atoms with E-state index in [1.54, 1.807) is 17.9 Å². The Labute approximate surface area is 121 Å². The lowest BCUT2D eigenvalue weighted by Gasteiger charge is -2.08. The molecule has 0 aromatic carbocycles. The fourth-order valence-corrected chi connectivity index (χ4v) is 1.71. The van der Waals surface area contributed by atoms with Gasteiger partial charge in [-0.05, 0) is 12.5 Å². The summed E-state index contributed by atoms with van der Waals surface area (Å²) in [6.45, 7) is 3.11. The van der Waals surface area contributed by atoms with Gasteiger partial charge in [0.15, 0.2) is 0 Å². The molecule has 2 aromatic rings. The van der Waals surface area contributed by atoms with Crippen molar-refractivity contribution in [2.45, 2.75) is 19.9 Å². The minimum atomic E-state index is -0.505. The molecule has 9 nitrogen and oxygen atoms in total. The van der Waals surface area contributed by atoms with Gasteiger partial charge in [-0.3, -0.25) is 14.8 Å². The SMILES string of the molecule is CCCNc1ncc([N+](=O)[O-])c(NCc2ccnn2C)n1. The number of nitrogens with zero attached hydrogens (tertiary/aromatic N) is 5. The number of anilines is 2. The molecular weight excluding hydrogens is 274 g/mol. The van der Waals surface area contributed by atoms with Crippen LogP contribution in [0.4, 0.5) is 17.5 Å². The number of hydrogen-bond donors (Lipinski definition) is 2. The van der Waals surface area contributed by atoms with E-state index in [9.17, 15) is 10.1 Å². The van der Waals surface area contributed by atoms with Crippen molar-refractivity contribution < 1.29 is 4.92 Å². The van der Waals surface area contributed by atoms with Crippen molar-refractivity contribution in [1.82, 2.24) is 19.7 Å². The lowest BCUT2D eigenvalue weighted by molar-refractivity contribution is -0.384. The molecule has 2 N–H and O–H groups in total. The summed E-state index contributed by atoms with van der Waals surface area (Å²) in [5, 5.41) is 21.0. The van der Waals surface area contributed by atoms with Gasteiger partial charge in [0.25, 0.3) is 0 Å². The van der Waals surface area contributed by atoms with Crippen molar-refractivity contribution in [3.8, 4) is 0 Å². The second kappa shape index (κ2) is 6.64. The fourth-order valence-electron chi connectivity index (χ4n) is 1.71. The molecule has 0 saturated heterocycles. The van der Waals surface area contributed by atoms with Crippen LogP contribution >= 0.6 is 0 Å². The van der Waals surface area contributed by atoms with E-state index in [1.165, 1.54) is 6.20 Å². The molecule has 0 saturated carbocycles. The van der Waals surface area contributed by atoms with Gasteiger partial charge >= 0.3 is 5.69 Å². The van der Waals surface area contributed by atoms with Gasteiger partial charge in [-0.25, -0.2) is 4.98 Å². The highest BCUT2D eigenvalue weighted by Gasteiger charge is 2.17. The molecular formula is C12H17N7O2. The zero-order chi connectivity index (χ0) is 15.2. The number of nitrogens with one attached hydrogen (secondary N) is 2. The van der Waals surface area contributed by atoms with Crippen LogP contribution in [0, 0.1) is 10.1 Å². The third-order valence-electron chi connectivity index (χ3n) is 2.86. The number of hydrogen-bond acceptors (Lipinski definition) is 7. The second-order valence-electron chi connectivity index (χ2n) is 4.41. The third kappa shape index (κ3) is 3.65. The Balaban J connectivity index is 2.17. The van der Waals surface area contributed by atoms with Gasteiger partial charge in [0.05, 0.1) is 17.2 Å². The van der Waals surface area contributed by atoms with Gasteiger partial charge in [0, 0.05) is 19.8 Å². The highest BCUT2D eigenvalue weighted by molar-refractivity contribution is 5.57. The first-order chi connectivity index (χ1) is 10.1. The lowest BCUT2D eigenvalue weighted by Crippen LogP contribution is -2.11. The Morgan fingerprint density at radius 1 is 1.43 bits per heavy atom. The Morgan fingerprint density at radius 2 is 2.24 bits per heavy atom. The molecule has 0 spiro atoms. The van der Waals surface area contributed by atoms with Gasteiger partial charge < -0.3 is 10.6 Å². The monoisotopic (exact) mass is 291 g/mol. The molecule has 0 fully saturated rings. The molecule has 0 bridgehead atoms. The first-order valence-electron chi connectivity index (χ1n) is 6.58. The van der Waals surface area contributed by atoms with Crippen LogP contribution < -0.4 is 10.6 Å². The fraction of sp³-hybridized carbons (Fsp3) is 0.417. The molecule has 112 valence electrons. The number of nitro groups is 1. The molecule has 2 rings (SSSR count). The maximum atomic E-state index is 11.0. The average molecular weight is 291 g/mol. The molecule has 0 aliphatic rings. The van der Waals surface area contributed by atoms with E-state index in [0.717, 1.165) is 12.1 Å². The lowest BCUT2D eigenvalue weighted by atomic mass is 10.4. The molecule has 0 radical (unpaired) electrons. The summed E-state index contributed by atoms with van der Waals surface area (Å²) in [7, 11) is 1.81. The van der Waals surface area contributed by atoms with Crippen molar-refractivity contribution in [3.05, 3.63) is 34.3 Å². The van der Waals surface area contributed by atoms with Gasteiger partial charge in [0.1, 0.15) is 6.20 Å². The van der Waals surface area contributed by atoms with Crippen LogP contribution in [0.5, 0.6) is 0 Å². The van der Waals surface area contributed by atoms with Gasteiger partial charge in [-0.15, -0.1) is 0 Å². The largest absolute Gasteiger partial charge is 0.359 e. The van der Waals surface area contributed by atoms with Crippen molar-refractivity contribution in [2.75, 3.05) is 17.2 Å². The summed E-state index contributed by atoms with van der Waals surface area (Å²) in [6, 6.07) is 1.83. The summed E-state index contributed by atoms with van der Waals surface area (Å²) in [4.78, 5) is 18.6. The zero-order valence-corrected chi connectivity index (χ0v) is 11.9. The minimum Gasteiger partial charge on any atom is -0.359 e. The quantitative estimate of drug-likeness (QED) is 0.588. The van der Waals surface area contributed by atoms with E-state index in [4.69, 9.17) is 0 Å². The molecule has 0 unspecified atom stereocenters. The Bertz CT molecular complexity index is 626. The number of aromatic nitrogens is 4. The standard InChI is InChI=1S/C12H17N7O2/c1-3-5-13-12-15-8-10(19(20)21)11(17-12)14-7-9-4-6-16-18(9)2/h4,6,8H,3,5,7H2,1-2H3,(H2,13,14,15,17). The first kappa shape index (κ1) is 14.7.